The second kappa shape index (κ2) is 5.85. The summed E-state index contributed by atoms with van der Waals surface area (Å²) in [4.78, 5) is 14.3. The first-order valence-electron chi connectivity index (χ1n) is 6.28. The fourth-order valence-corrected chi connectivity index (χ4v) is 2.67. The van der Waals surface area contributed by atoms with Crippen molar-refractivity contribution in [1.29, 1.82) is 0 Å². The van der Waals surface area contributed by atoms with Gasteiger partial charge in [0.15, 0.2) is 0 Å². The number of halogens is 1. The molecule has 1 N–H and O–H groups in total. The fraction of sp³-hybridized carbons (Fsp3) is 0.500. The minimum atomic E-state index is 0.102. The quantitative estimate of drug-likeness (QED) is 0.912. The number of aliphatic hydroxyl groups excluding tert-OH is 1. The number of carbonyl (C=O) groups excluding carboxylic acids is 1. The summed E-state index contributed by atoms with van der Waals surface area (Å²) in [6.45, 7) is 3.68. The van der Waals surface area contributed by atoms with E-state index >= 15 is 0 Å². The number of hydrogen-bond acceptors (Lipinski definition) is 2. The van der Waals surface area contributed by atoms with Gasteiger partial charge in [-0.05, 0) is 43.4 Å². The summed E-state index contributed by atoms with van der Waals surface area (Å²) in [6, 6.07) is 5.79. The van der Waals surface area contributed by atoms with E-state index in [0.717, 1.165) is 41.5 Å². The topological polar surface area (TPSA) is 40.5 Å². The Morgan fingerprint density at radius 1 is 1.44 bits per heavy atom. The van der Waals surface area contributed by atoms with E-state index in [-0.39, 0.29) is 12.5 Å². The molecule has 0 radical (unpaired) electrons. The van der Waals surface area contributed by atoms with Crippen molar-refractivity contribution in [2.75, 3.05) is 19.7 Å². The molecule has 1 aliphatic heterocycles. The second-order valence-electron chi connectivity index (χ2n) is 4.88. The highest BCUT2D eigenvalue weighted by Gasteiger charge is 2.24. The molecule has 98 valence electrons. The molecule has 0 spiro atoms. The standard InChI is InChI=1S/C14H18BrNO2/c1-10-2-3-12(15)8-13(10)14(18)16-6-4-11(9-17)5-7-16/h2-3,8,11,17H,4-7,9H2,1H3. The lowest BCUT2D eigenvalue weighted by molar-refractivity contribution is 0.0650. The van der Waals surface area contributed by atoms with Crippen LogP contribution in [-0.2, 0) is 0 Å². The lowest BCUT2D eigenvalue weighted by atomic mass is 9.97. The van der Waals surface area contributed by atoms with Crippen molar-refractivity contribution in [3.8, 4) is 0 Å². The van der Waals surface area contributed by atoms with Crippen LogP contribution < -0.4 is 0 Å². The number of aryl methyl sites for hydroxylation is 1. The Morgan fingerprint density at radius 2 is 2.11 bits per heavy atom. The van der Waals surface area contributed by atoms with Gasteiger partial charge in [-0.15, -0.1) is 0 Å². The number of hydrogen-bond donors (Lipinski definition) is 1. The number of amides is 1. The number of aliphatic hydroxyl groups is 1. The van der Waals surface area contributed by atoms with E-state index in [1.807, 2.05) is 30.0 Å². The predicted octanol–water partition coefficient (Wildman–Crippen LogP) is 2.60. The molecular weight excluding hydrogens is 294 g/mol. The summed E-state index contributed by atoms with van der Waals surface area (Å²) >= 11 is 3.41. The van der Waals surface area contributed by atoms with E-state index in [2.05, 4.69) is 15.9 Å². The molecule has 0 saturated carbocycles. The van der Waals surface area contributed by atoms with Crippen molar-refractivity contribution in [1.82, 2.24) is 4.90 Å². The van der Waals surface area contributed by atoms with Crippen LogP contribution in [0.15, 0.2) is 22.7 Å². The third-order valence-electron chi connectivity index (χ3n) is 3.59. The predicted molar refractivity (Wildman–Crippen MR) is 74.6 cm³/mol. The highest BCUT2D eigenvalue weighted by molar-refractivity contribution is 9.10. The van der Waals surface area contributed by atoms with Crippen LogP contribution in [0.4, 0.5) is 0 Å². The normalized spacial score (nSPS) is 16.9. The third kappa shape index (κ3) is 2.93. The Kier molecular flexibility index (Phi) is 4.40. The molecule has 1 aromatic carbocycles. The molecule has 0 aliphatic carbocycles. The summed E-state index contributed by atoms with van der Waals surface area (Å²) in [5.41, 5.74) is 1.78. The van der Waals surface area contributed by atoms with Gasteiger partial charge in [-0.1, -0.05) is 22.0 Å². The maximum Gasteiger partial charge on any atom is 0.254 e. The fourth-order valence-electron chi connectivity index (χ4n) is 2.31. The van der Waals surface area contributed by atoms with E-state index < -0.39 is 0 Å². The van der Waals surface area contributed by atoms with Gasteiger partial charge in [0.1, 0.15) is 0 Å². The van der Waals surface area contributed by atoms with E-state index in [9.17, 15) is 4.79 Å². The maximum absolute atomic E-state index is 12.4. The molecule has 0 bridgehead atoms. The number of nitrogens with zero attached hydrogens (tertiary/aromatic N) is 1. The Balaban J connectivity index is 2.10. The molecule has 1 amide bonds. The summed E-state index contributed by atoms with van der Waals surface area (Å²) in [5.74, 6) is 0.461. The van der Waals surface area contributed by atoms with Gasteiger partial charge in [-0.2, -0.15) is 0 Å². The van der Waals surface area contributed by atoms with Crippen LogP contribution in [0.1, 0.15) is 28.8 Å². The average molecular weight is 312 g/mol. The van der Waals surface area contributed by atoms with Crippen LogP contribution in [0, 0.1) is 12.8 Å². The van der Waals surface area contributed by atoms with Gasteiger partial charge < -0.3 is 10.0 Å². The lowest BCUT2D eigenvalue weighted by Gasteiger charge is -2.31. The molecule has 4 heteroatoms. The van der Waals surface area contributed by atoms with Gasteiger partial charge >= 0.3 is 0 Å². The van der Waals surface area contributed by atoms with Gasteiger partial charge in [0.2, 0.25) is 0 Å². The molecule has 1 heterocycles. The van der Waals surface area contributed by atoms with E-state index in [1.54, 1.807) is 0 Å². The summed E-state index contributed by atoms with van der Waals surface area (Å²) in [7, 11) is 0. The Hall–Kier alpha value is -0.870. The Bertz CT molecular complexity index is 439. The first-order chi connectivity index (χ1) is 8.61. The molecule has 1 aromatic rings. The maximum atomic E-state index is 12.4. The third-order valence-corrected chi connectivity index (χ3v) is 4.08. The zero-order valence-corrected chi connectivity index (χ0v) is 12.1. The van der Waals surface area contributed by atoms with Crippen molar-refractivity contribution < 1.29 is 9.90 Å². The summed E-state index contributed by atoms with van der Waals surface area (Å²) in [5, 5.41) is 9.10. The van der Waals surface area contributed by atoms with E-state index in [0.29, 0.717) is 5.92 Å². The zero-order valence-electron chi connectivity index (χ0n) is 10.5. The van der Waals surface area contributed by atoms with Crippen LogP contribution in [0.25, 0.3) is 0 Å². The Morgan fingerprint density at radius 3 is 2.72 bits per heavy atom. The summed E-state index contributed by atoms with van der Waals surface area (Å²) in [6.07, 6.45) is 1.80. The molecular formula is C14H18BrNO2. The van der Waals surface area contributed by atoms with E-state index in [4.69, 9.17) is 5.11 Å². The lowest BCUT2D eigenvalue weighted by Crippen LogP contribution is -2.39. The van der Waals surface area contributed by atoms with Gasteiger partial charge in [0, 0.05) is 29.7 Å². The number of carbonyl (C=O) groups is 1. The van der Waals surface area contributed by atoms with Gasteiger partial charge in [0.25, 0.3) is 5.91 Å². The van der Waals surface area contributed by atoms with E-state index in [1.165, 1.54) is 0 Å². The second-order valence-corrected chi connectivity index (χ2v) is 5.79. The molecule has 1 saturated heterocycles. The van der Waals surface area contributed by atoms with Gasteiger partial charge in [0.05, 0.1) is 0 Å². The average Bonchev–Trinajstić information content (AvgIpc) is 2.41. The van der Waals surface area contributed by atoms with Gasteiger partial charge in [-0.3, -0.25) is 4.79 Å². The first-order valence-corrected chi connectivity index (χ1v) is 7.07. The number of piperidine rings is 1. The highest BCUT2D eigenvalue weighted by atomic mass is 79.9. The number of benzene rings is 1. The molecule has 0 aromatic heterocycles. The smallest absolute Gasteiger partial charge is 0.254 e. The molecule has 2 rings (SSSR count). The van der Waals surface area contributed by atoms with Crippen molar-refractivity contribution in [2.45, 2.75) is 19.8 Å². The minimum Gasteiger partial charge on any atom is -0.396 e. The van der Waals surface area contributed by atoms with Gasteiger partial charge in [-0.25, -0.2) is 0 Å². The van der Waals surface area contributed by atoms with Crippen LogP contribution >= 0.6 is 15.9 Å². The summed E-state index contributed by atoms with van der Waals surface area (Å²) < 4.78 is 0.932. The SMILES string of the molecule is Cc1ccc(Br)cc1C(=O)N1CCC(CO)CC1. The van der Waals surface area contributed by atoms with Crippen LogP contribution in [0.3, 0.4) is 0 Å². The van der Waals surface area contributed by atoms with Crippen LogP contribution in [-0.4, -0.2) is 35.6 Å². The highest BCUT2D eigenvalue weighted by Crippen LogP contribution is 2.22. The minimum absolute atomic E-state index is 0.102. The van der Waals surface area contributed by atoms with Crippen molar-refractivity contribution >= 4 is 21.8 Å². The van der Waals surface area contributed by atoms with Crippen LogP contribution in [0.5, 0.6) is 0 Å². The molecule has 0 unspecified atom stereocenters. The monoisotopic (exact) mass is 311 g/mol. The first kappa shape index (κ1) is 13.6. The Labute approximate surface area is 116 Å². The van der Waals surface area contributed by atoms with Crippen molar-refractivity contribution in [3.63, 3.8) is 0 Å². The molecule has 18 heavy (non-hydrogen) atoms. The number of likely N-dealkylation sites (tertiary alicyclic amines) is 1. The molecule has 1 aliphatic rings. The molecule has 0 atom stereocenters. The number of rotatable bonds is 2. The largest absolute Gasteiger partial charge is 0.396 e. The molecule has 3 nitrogen and oxygen atoms in total. The zero-order chi connectivity index (χ0) is 13.1. The van der Waals surface area contributed by atoms with Crippen LogP contribution in [0.2, 0.25) is 0 Å². The van der Waals surface area contributed by atoms with Crippen molar-refractivity contribution in [3.05, 3.63) is 33.8 Å². The molecule has 1 fully saturated rings. The van der Waals surface area contributed by atoms with Crippen molar-refractivity contribution in [2.24, 2.45) is 5.92 Å².